The number of nitrogens with zero attached hydrogens (tertiary/aromatic N) is 5. The van der Waals surface area contributed by atoms with Gasteiger partial charge in [-0.1, -0.05) is 67.4 Å². The first kappa shape index (κ1) is 33.0. The average Bonchev–Trinajstić information content (AvgIpc) is 3.24. The largest absolute Gasteiger partial charge is 0.444 e. The number of ether oxygens (including phenoxy) is 1. The van der Waals surface area contributed by atoms with Crippen LogP contribution in [0.4, 0.5) is 4.79 Å². The summed E-state index contributed by atoms with van der Waals surface area (Å²) in [5.41, 5.74) is 0.958. The van der Waals surface area contributed by atoms with Crippen molar-refractivity contribution in [2.24, 2.45) is 5.92 Å². The van der Waals surface area contributed by atoms with E-state index in [1.54, 1.807) is 61.4 Å². The maximum atomic E-state index is 14.2. The Bertz CT molecular complexity index is 1680. The Kier molecular flexibility index (Phi) is 10.4. The predicted octanol–water partition coefficient (Wildman–Crippen LogP) is 6.31. The van der Waals surface area contributed by atoms with Crippen LogP contribution in [0.1, 0.15) is 74.5 Å². The molecule has 4 rings (SSSR count). The van der Waals surface area contributed by atoms with E-state index in [2.05, 4.69) is 10.4 Å². The van der Waals surface area contributed by atoms with Gasteiger partial charge < -0.3 is 15.0 Å². The Morgan fingerprint density at radius 2 is 1.70 bits per heavy atom. The van der Waals surface area contributed by atoms with Gasteiger partial charge in [0.25, 0.3) is 5.91 Å². The summed E-state index contributed by atoms with van der Waals surface area (Å²) in [6, 6.07) is 15.5. The summed E-state index contributed by atoms with van der Waals surface area (Å²) >= 11 is 12.7. The number of carbonyl (C=O) groups is 2. The van der Waals surface area contributed by atoms with Gasteiger partial charge in [-0.15, -0.1) is 0 Å². The van der Waals surface area contributed by atoms with Crippen molar-refractivity contribution in [3.05, 3.63) is 97.8 Å². The first-order valence-electron chi connectivity index (χ1n) is 14.5. The molecule has 234 valence electrons. The van der Waals surface area contributed by atoms with E-state index >= 15 is 0 Å². The highest BCUT2D eigenvalue weighted by molar-refractivity contribution is 6.34. The third kappa shape index (κ3) is 7.78. The van der Waals surface area contributed by atoms with Crippen LogP contribution in [0.2, 0.25) is 10.0 Å². The van der Waals surface area contributed by atoms with Gasteiger partial charge >= 0.3 is 11.8 Å². The molecule has 4 aromatic rings. The number of hydrogen-bond donors (Lipinski definition) is 1. The van der Waals surface area contributed by atoms with Gasteiger partial charge in [0.15, 0.2) is 5.65 Å². The van der Waals surface area contributed by atoms with Crippen LogP contribution in [0, 0.1) is 12.8 Å². The summed E-state index contributed by atoms with van der Waals surface area (Å²) < 4.78 is 8.11. The lowest BCUT2D eigenvalue weighted by molar-refractivity contribution is 0.0519. The van der Waals surface area contributed by atoms with Crippen molar-refractivity contribution in [3.63, 3.8) is 0 Å². The first-order chi connectivity index (χ1) is 20.8. The molecule has 10 nitrogen and oxygen atoms in total. The molecule has 1 unspecified atom stereocenters. The highest BCUT2D eigenvalue weighted by Gasteiger charge is 2.33. The Labute approximate surface area is 266 Å². The Hall–Kier alpha value is -3.89. The number of alkyl carbamates (subject to hydrolysis) is 1. The van der Waals surface area contributed by atoms with Crippen LogP contribution in [-0.2, 0) is 11.3 Å². The molecule has 0 radical (unpaired) electrons. The smallest absolute Gasteiger partial charge is 0.407 e. The molecular weight excluding hydrogens is 603 g/mol. The van der Waals surface area contributed by atoms with Gasteiger partial charge in [0.1, 0.15) is 16.4 Å². The molecule has 0 aliphatic carbocycles. The van der Waals surface area contributed by atoms with Crippen molar-refractivity contribution in [2.75, 3.05) is 13.1 Å². The zero-order valence-corrected chi connectivity index (χ0v) is 27.3. The summed E-state index contributed by atoms with van der Waals surface area (Å²) in [5, 5.41) is 7.88. The average molecular weight is 642 g/mol. The third-order valence-electron chi connectivity index (χ3n) is 6.89. The Balaban J connectivity index is 1.80. The van der Waals surface area contributed by atoms with Crippen LogP contribution >= 0.6 is 23.2 Å². The highest BCUT2D eigenvalue weighted by Crippen LogP contribution is 2.31. The van der Waals surface area contributed by atoms with Gasteiger partial charge in [0.05, 0.1) is 18.3 Å². The van der Waals surface area contributed by atoms with Gasteiger partial charge in [0, 0.05) is 23.7 Å². The number of nitrogens with one attached hydrogen (secondary N) is 1. The van der Waals surface area contributed by atoms with Crippen molar-refractivity contribution in [1.29, 1.82) is 0 Å². The van der Waals surface area contributed by atoms with Gasteiger partial charge in [-0.25, -0.2) is 14.6 Å². The highest BCUT2D eigenvalue weighted by atomic mass is 35.5. The number of aromatic nitrogens is 4. The molecule has 12 heteroatoms. The van der Waals surface area contributed by atoms with Crippen LogP contribution in [0.5, 0.6) is 0 Å². The molecule has 0 fully saturated rings. The summed E-state index contributed by atoms with van der Waals surface area (Å²) in [4.78, 5) is 47.1. The molecule has 1 atom stereocenters. The van der Waals surface area contributed by atoms with Gasteiger partial charge in [-0.05, 0) is 69.9 Å². The van der Waals surface area contributed by atoms with Crippen LogP contribution in [0.15, 0.2) is 59.4 Å². The fraction of sp³-hybridized carbons (Fsp3) is 0.406. The van der Waals surface area contributed by atoms with E-state index in [0.717, 1.165) is 5.56 Å². The van der Waals surface area contributed by atoms with E-state index in [1.807, 2.05) is 44.2 Å². The monoisotopic (exact) mass is 640 g/mol. The number of rotatable bonds is 10. The molecular formula is C32H38Cl2N6O4. The standard InChI is InChI=1S/C32H38Cl2N6O4/c1-20(2)26(28-36-27-25(34)21(3)37-40(27)31(43)39(28)19-22-11-8-7-9-12-22)38(29(41)23-13-15-24(33)16-14-23)18-10-17-35-30(42)44-32(4,5)6/h7-9,11-16,20,26H,10,17-19H2,1-6H3,(H,35,42). The lowest BCUT2D eigenvalue weighted by atomic mass is 9.99. The minimum absolute atomic E-state index is 0.177. The van der Waals surface area contributed by atoms with E-state index in [9.17, 15) is 14.4 Å². The molecule has 0 saturated heterocycles. The van der Waals surface area contributed by atoms with Crippen LogP contribution in [0.25, 0.3) is 5.65 Å². The van der Waals surface area contributed by atoms with E-state index < -0.39 is 23.4 Å². The number of fused-ring (bicyclic) bond motifs is 1. The molecule has 2 heterocycles. The number of amides is 2. The topological polar surface area (TPSA) is 111 Å². The first-order valence-corrected chi connectivity index (χ1v) is 15.2. The van der Waals surface area contributed by atoms with E-state index in [1.165, 1.54) is 4.52 Å². The minimum atomic E-state index is -0.646. The molecule has 2 aromatic heterocycles. The van der Waals surface area contributed by atoms with Gasteiger partial charge in [-0.3, -0.25) is 9.36 Å². The lowest BCUT2D eigenvalue weighted by Gasteiger charge is -2.35. The van der Waals surface area contributed by atoms with Gasteiger partial charge in [0.2, 0.25) is 0 Å². The third-order valence-corrected chi connectivity index (χ3v) is 7.58. The molecule has 2 aromatic carbocycles. The second-order valence-corrected chi connectivity index (χ2v) is 12.8. The molecule has 0 spiro atoms. The number of benzene rings is 2. The zero-order chi connectivity index (χ0) is 32.2. The van der Waals surface area contributed by atoms with Crippen molar-refractivity contribution < 1.29 is 14.3 Å². The number of aryl methyl sites for hydroxylation is 1. The van der Waals surface area contributed by atoms with Crippen molar-refractivity contribution in [2.45, 2.75) is 66.2 Å². The molecule has 0 aliphatic heterocycles. The molecule has 1 N–H and O–H groups in total. The summed E-state index contributed by atoms with van der Waals surface area (Å²) in [7, 11) is 0. The normalized spacial score (nSPS) is 12.4. The van der Waals surface area contributed by atoms with E-state index in [4.69, 9.17) is 32.9 Å². The molecule has 0 saturated carbocycles. The molecule has 2 amide bonds. The summed E-state index contributed by atoms with van der Waals surface area (Å²) in [6.45, 7) is 11.8. The fourth-order valence-electron chi connectivity index (χ4n) is 4.92. The second-order valence-electron chi connectivity index (χ2n) is 11.9. The van der Waals surface area contributed by atoms with E-state index in [-0.39, 0.29) is 42.1 Å². The maximum absolute atomic E-state index is 14.2. The summed E-state index contributed by atoms with van der Waals surface area (Å²) in [6.07, 6.45) is -0.123. The van der Waals surface area contributed by atoms with Crippen molar-refractivity contribution in [3.8, 4) is 0 Å². The quantitative estimate of drug-likeness (QED) is 0.203. The lowest BCUT2D eigenvalue weighted by Crippen LogP contribution is -2.43. The Morgan fingerprint density at radius 1 is 1.05 bits per heavy atom. The number of hydrogen-bond acceptors (Lipinski definition) is 6. The van der Waals surface area contributed by atoms with Crippen LogP contribution in [-0.4, -0.2) is 54.8 Å². The predicted molar refractivity (Wildman–Crippen MR) is 171 cm³/mol. The molecule has 0 aliphatic rings. The van der Waals surface area contributed by atoms with Crippen LogP contribution in [0.3, 0.4) is 0 Å². The maximum Gasteiger partial charge on any atom is 0.407 e. The number of halogens is 2. The van der Waals surface area contributed by atoms with Crippen molar-refractivity contribution >= 4 is 40.8 Å². The minimum Gasteiger partial charge on any atom is -0.444 e. The fourth-order valence-corrected chi connectivity index (χ4v) is 5.21. The van der Waals surface area contributed by atoms with Crippen molar-refractivity contribution in [1.82, 2.24) is 29.4 Å². The van der Waals surface area contributed by atoms with Gasteiger partial charge in [-0.2, -0.15) is 9.61 Å². The number of carbonyl (C=O) groups excluding carboxylic acids is 2. The SMILES string of the molecule is Cc1nn2c(=O)n(Cc3ccccc3)c(C(C(C)C)N(CCCNC(=O)OC(C)(C)C)C(=O)c3ccc(Cl)cc3)nc2c1Cl. The van der Waals surface area contributed by atoms with E-state index in [0.29, 0.717) is 28.5 Å². The Morgan fingerprint density at radius 3 is 2.32 bits per heavy atom. The zero-order valence-electron chi connectivity index (χ0n) is 25.8. The van der Waals surface area contributed by atoms with Crippen LogP contribution < -0.4 is 11.0 Å². The second kappa shape index (κ2) is 13.8. The summed E-state index contributed by atoms with van der Waals surface area (Å²) in [5.74, 6) is -0.0661. The molecule has 44 heavy (non-hydrogen) atoms. The molecule has 0 bridgehead atoms.